The highest BCUT2D eigenvalue weighted by atomic mass is 32.2. The maximum absolute atomic E-state index is 13.2. The zero-order valence-electron chi connectivity index (χ0n) is 18.5. The maximum Gasteiger partial charge on any atom is 0.262 e. The number of thioether (sulfide) groups is 1. The number of hydrogen-bond acceptors (Lipinski definition) is 7. The van der Waals surface area contributed by atoms with Crippen LogP contribution in [0.15, 0.2) is 28.2 Å². The van der Waals surface area contributed by atoms with Crippen LogP contribution in [0.2, 0.25) is 0 Å². The van der Waals surface area contributed by atoms with Gasteiger partial charge < -0.3 is 14.4 Å². The van der Waals surface area contributed by atoms with Gasteiger partial charge in [0.15, 0.2) is 16.7 Å². The summed E-state index contributed by atoms with van der Waals surface area (Å²) in [4.78, 5) is 35.1. The Bertz CT molecular complexity index is 1320. The first kappa shape index (κ1) is 21.0. The Balaban J connectivity index is 1.20. The van der Waals surface area contributed by atoms with Crippen LogP contribution in [0.25, 0.3) is 10.2 Å². The van der Waals surface area contributed by atoms with E-state index in [4.69, 9.17) is 14.5 Å². The third-order valence-electron chi connectivity index (χ3n) is 6.75. The smallest absolute Gasteiger partial charge is 0.262 e. The van der Waals surface area contributed by atoms with Crippen molar-refractivity contribution < 1.29 is 14.3 Å². The normalized spacial score (nSPS) is 19.3. The van der Waals surface area contributed by atoms with E-state index in [2.05, 4.69) is 0 Å². The topological polar surface area (TPSA) is 73.7 Å². The molecule has 2 aromatic heterocycles. The molecule has 0 saturated carbocycles. The predicted molar refractivity (Wildman–Crippen MR) is 129 cm³/mol. The second-order valence-electron chi connectivity index (χ2n) is 8.73. The highest BCUT2D eigenvalue weighted by Gasteiger charge is 2.31. The SMILES string of the molecule is Cn1c(SCC(=O)N2CCC[C@H]2c2ccc3c(c2)OCCO3)nc2sc3c(c2c1=O)CCC3. The monoisotopic (exact) mass is 483 g/mol. The highest BCUT2D eigenvalue weighted by molar-refractivity contribution is 7.99. The van der Waals surface area contributed by atoms with Crippen molar-refractivity contribution >= 4 is 39.2 Å². The molecule has 1 aliphatic carbocycles. The number of ether oxygens (including phenoxy) is 2. The molecule has 3 aliphatic rings. The summed E-state index contributed by atoms with van der Waals surface area (Å²) in [5.41, 5.74) is 2.27. The molecule has 9 heteroatoms. The lowest BCUT2D eigenvalue weighted by Crippen LogP contribution is -2.32. The van der Waals surface area contributed by atoms with Crippen molar-refractivity contribution in [2.45, 2.75) is 43.3 Å². The predicted octanol–water partition coefficient (Wildman–Crippen LogP) is 3.71. The van der Waals surface area contributed by atoms with Crippen molar-refractivity contribution in [2.75, 3.05) is 25.5 Å². The lowest BCUT2D eigenvalue weighted by atomic mass is 10.0. The van der Waals surface area contributed by atoms with Gasteiger partial charge in [-0.05, 0) is 55.4 Å². The molecule has 3 aromatic rings. The van der Waals surface area contributed by atoms with Crippen molar-refractivity contribution in [1.29, 1.82) is 0 Å². The molecule has 1 saturated heterocycles. The van der Waals surface area contributed by atoms with Crippen LogP contribution in [0.1, 0.15) is 41.3 Å². The highest BCUT2D eigenvalue weighted by Crippen LogP contribution is 2.39. The molecule has 0 N–H and O–H groups in total. The van der Waals surface area contributed by atoms with Gasteiger partial charge in [0.25, 0.3) is 5.56 Å². The second kappa shape index (κ2) is 8.36. The molecule has 0 bridgehead atoms. The van der Waals surface area contributed by atoms with Gasteiger partial charge in [0, 0.05) is 18.5 Å². The maximum atomic E-state index is 13.2. The summed E-state index contributed by atoms with van der Waals surface area (Å²) in [6.07, 6.45) is 5.02. The van der Waals surface area contributed by atoms with Crippen molar-refractivity contribution in [3.05, 3.63) is 44.6 Å². The zero-order chi connectivity index (χ0) is 22.5. The van der Waals surface area contributed by atoms with Gasteiger partial charge in [-0.2, -0.15) is 0 Å². The minimum absolute atomic E-state index is 0.00433. The van der Waals surface area contributed by atoms with Gasteiger partial charge in [-0.1, -0.05) is 17.8 Å². The number of aryl methyl sites for hydroxylation is 2. The third-order valence-corrected chi connectivity index (χ3v) is 8.95. The summed E-state index contributed by atoms with van der Waals surface area (Å²) in [6.45, 7) is 1.85. The summed E-state index contributed by atoms with van der Waals surface area (Å²) >= 11 is 2.99. The number of rotatable bonds is 4. The number of carbonyl (C=O) groups is 1. The molecule has 172 valence electrons. The number of benzene rings is 1. The largest absolute Gasteiger partial charge is 0.486 e. The molecule has 1 fully saturated rings. The Morgan fingerprint density at radius 1 is 1.21 bits per heavy atom. The Morgan fingerprint density at radius 3 is 2.94 bits per heavy atom. The van der Waals surface area contributed by atoms with E-state index in [9.17, 15) is 9.59 Å². The van der Waals surface area contributed by atoms with Crippen LogP contribution < -0.4 is 15.0 Å². The molecular weight excluding hydrogens is 458 g/mol. The van der Waals surface area contributed by atoms with Gasteiger partial charge in [-0.3, -0.25) is 14.2 Å². The summed E-state index contributed by atoms with van der Waals surface area (Å²) in [7, 11) is 1.76. The number of carbonyl (C=O) groups excluding carboxylic acids is 1. The van der Waals surface area contributed by atoms with E-state index < -0.39 is 0 Å². The standard InChI is InChI=1S/C24H25N3O4S2/c1-26-23(29)21-15-4-2-6-19(15)33-22(21)25-24(26)32-13-20(28)27-9-3-5-16(27)14-7-8-17-18(12-14)31-11-10-30-17/h7-8,12,16H,2-6,9-11,13H2,1H3/t16-/m0/s1. The van der Waals surface area contributed by atoms with Gasteiger partial charge in [0.2, 0.25) is 5.91 Å². The van der Waals surface area contributed by atoms with Crippen molar-refractivity contribution in [2.24, 2.45) is 7.05 Å². The minimum atomic E-state index is 0.00433. The Morgan fingerprint density at radius 2 is 2.06 bits per heavy atom. The van der Waals surface area contributed by atoms with Crippen LogP contribution in [0.4, 0.5) is 0 Å². The summed E-state index contributed by atoms with van der Waals surface area (Å²) in [5.74, 6) is 1.85. The molecule has 4 heterocycles. The van der Waals surface area contributed by atoms with Crippen molar-refractivity contribution in [3.8, 4) is 11.5 Å². The van der Waals surface area contributed by atoms with E-state index in [1.807, 2.05) is 23.1 Å². The fraction of sp³-hybridized carbons (Fsp3) is 0.458. The van der Waals surface area contributed by atoms with E-state index in [1.165, 1.54) is 22.2 Å². The number of amides is 1. The lowest BCUT2D eigenvalue weighted by Gasteiger charge is -2.26. The summed E-state index contributed by atoms with van der Waals surface area (Å²) in [5, 5.41) is 1.39. The van der Waals surface area contributed by atoms with Gasteiger partial charge >= 0.3 is 0 Å². The number of nitrogens with zero attached hydrogens (tertiary/aromatic N) is 3. The Kier molecular flexibility index (Phi) is 5.33. The van der Waals surface area contributed by atoms with Crippen LogP contribution in [0, 0.1) is 0 Å². The average Bonchev–Trinajstić information content (AvgIpc) is 3.56. The van der Waals surface area contributed by atoms with Crippen molar-refractivity contribution in [1.82, 2.24) is 14.5 Å². The molecule has 0 unspecified atom stereocenters. The van der Waals surface area contributed by atoms with Crippen LogP contribution in [0.3, 0.4) is 0 Å². The van der Waals surface area contributed by atoms with E-state index in [-0.39, 0.29) is 23.3 Å². The lowest BCUT2D eigenvalue weighted by molar-refractivity contribution is -0.129. The molecule has 0 spiro atoms. The number of thiophene rings is 1. The van der Waals surface area contributed by atoms with E-state index in [1.54, 1.807) is 23.0 Å². The Hall–Kier alpha value is -2.52. The second-order valence-corrected chi connectivity index (χ2v) is 10.8. The number of aromatic nitrogens is 2. The average molecular weight is 484 g/mol. The molecule has 33 heavy (non-hydrogen) atoms. The van der Waals surface area contributed by atoms with Gasteiger partial charge in [0.1, 0.15) is 18.0 Å². The quantitative estimate of drug-likeness (QED) is 0.416. The first-order valence-corrected chi connectivity index (χ1v) is 13.2. The Labute approximate surface area is 199 Å². The van der Waals surface area contributed by atoms with Crippen LogP contribution >= 0.6 is 23.1 Å². The summed E-state index contributed by atoms with van der Waals surface area (Å²) in [6, 6.07) is 6.01. The molecule has 0 radical (unpaired) electrons. The number of fused-ring (bicyclic) bond motifs is 4. The molecule has 1 aromatic carbocycles. The van der Waals surface area contributed by atoms with E-state index >= 15 is 0 Å². The summed E-state index contributed by atoms with van der Waals surface area (Å²) < 4.78 is 13.0. The molecule has 1 atom stereocenters. The first-order chi connectivity index (χ1) is 16.1. The van der Waals surface area contributed by atoms with E-state index in [0.717, 1.165) is 65.9 Å². The van der Waals surface area contributed by atoms with Crippen LogP contribution in [-0.2, 0) is 24.7 Å². The number of likely N-dealkylation sites (tertiary alicyclic amines) is 1. The molecular formula is C24H25N3O4S2. The first-order valence-electron chi connectivity index (χ1n) is 11.4. The fourth-order valence-corrected chi connectivity index (χ4v) is 7.28. The van der Waals surface area contributed by atoms with E-state index in [0.29, 0.717) is 18.4 Å². The van der Waals surface area contributed by atoms with Gasteiger partial charge in [0.05, 0.1) is 17.2 Å². The molecule has 2 aliphatic heterocycles. The zero-order valence-corrected chi connectivity index (χ0v) is 20.1. The number of hydrogen-bond donors (Lipinski definition) is 0. The molecule has 6 rings (SSSR count). The fourth-order valence-electron chi connectivity index (χ4n) is 5.12. The third kappa shape index (κ3) is 3.61. The van der Waals surface area contributed by atoms with Gasteiger partial charge in [-0.15, -0.1) is 11.3 Å². The minimum Gasteiger partial charge on any atom is -0.486 e. The van der Waals surface area contributed by atoms with Gasteiger partial charge in [-0.25, -0.2) is 4.98 Å². The van der Waals surface area contributed by atoms with Crippen molar-refractivity contribution in [3.63, 3.8) is 0 Å². The molecule has 7 nitrogen and oxygen atoms in total. The van der Waals surface area contributed by atoms with Crippen LogP contribution in [0.5, 0.6) is 11.5 Å². The molecule has 1 amide bonds. The van der Waals surface area contributed by atoms with Crippen LogP contribution in [-0.4, -0.2) is 45.9 Å².